The summed E-state index contributed by atoms with van der Waals surface area (Å²) in [5.41, 5.74) is 12.1. The van der Waals surface area contributed by atoms with Gasteiger partial charge in [0.05, 0.1) is 11.4 Å². The van der Waals surface area contributed by atoms with Crippen molar-refractivity contribution in [3.8, 4) is 11.1 Å². The van der Waals surface area contributed by atoms with Crippen molar-refractivity contribution in [2.45, 2.75) is 19.3 Å². The molecule has 0 fully saturated rings. The Kier molecular flexibility index (Phi) is 6.17. The standard InChI is InChI=1S/C39H32N2/c1-39(2)35-23-13-12-22-33(35)34-28-32(26-27-36(34)39)41(31-20-10-5-11-21-31)38-25-15-14-24-37(38)40(29-16-6-3-7-17-29)30-18-8-4-9-19-30/h3-28H,1-2H3. The lowest BCUT2D eigenvalue weighted by Crippen LogP contribution is -2.17. The highest BCUT2D eigenvalue weighted by molar-refractivity contribution is 5.93. The molecule has 0 radical (unpaired) electrons. The molecule has 2 heteroatoms. The topological polar surface area (TPSA) is 6.48 Å². The molecular formula is C39H32N2. The van der Waals surface area contributed by atoms with Crippen LogP contribution in [0.15, 0.2) is 158 Å². The Balaban J connectivity index is 1.46. The van der Waals surface area contributed by atoms with Crippen molar-refractivity contribution >= 4 is 34.1 Å². The molecule has 0 unspecified atom stereocenters. The van der Waals surface area contributed by atoms with Crippen LogP contribution in [0.25, 0.3) is 11.1 Å². The lowest BCUT2D eigenvalue weighted by atomic mass is 9.82. The minimum Gasteiger partial charge on any atom is -0.308 e. The number of hydrogen-bond donors (Lipinski definition) is 0. The molecule has 2 nitrogen and oxygen atoms in total. The molecule has 0 saturated heterocycles. The van der Waals surface area contributed by atoms with E-state index >= 15 is 0 Å². The van der Waals surface area contributed by atoms with Crippen molar-refractivity contribution in [1.82, 2.24) is 0 Å². The van der Waals surface area contributed by atoms with Crippen LogP contribution in [0, 0.1) is 0 Å². The fourth-order valence-corrected chi connectivity index (χ4v) is 6.28. The van der Waals surface area contributed by atoms with E-state index in [1.54, 1.807) is 0 Å². The summed E-state index contributed by atoms with van der Waals surface area (Å²) in [6, 6.07) is 56.5. The first-order chi connectivity index (χ1) is 20.1. The van der Waals surface area contributed by atoms with Gasteiger partial charge in [0.25, 0.3) is 0 Å². The van der Waals surface area contributed by atoms with Crippen molar-refractivity contribution in [1.29, 1.82) is 0 Å². The maximum Gasteiger partial charge on any atom is 0.0702 e. The summed E-state index contributed by atoms with van der Waals surface area (Å²) in [5.74, 6) is 0. The molecule has 0 aromatic heterocycles. The highest BCUT2D eigenvalue weighted by atomic mass is 15.2. The minimum atomic E-state index is -0.0304. The van der Waals surface area contributed by atoms with Crippen LogP contribution in [0.1, 0.15) is 25.0 Å². The highest BCUT2D eigenvalue weighted by Crippen LogP contribution is 2.51. The Hall–Kier alpha value is -5.08. The smallest absolute Gasteiger partial charge is 0.0702 e. The number of anilines is 6. The number of nitrogens with zero attached hydrogens (tertiary/aromatic N) is 2. The van der Waals surface area contributed by atoms with Gasteiger partial charge < -0.3 is 9.80 Å². The van der Waals surface area contributed by atoms with Crippen molar-refractivity contribution in [3.63, 3.8) is 0 Å². The molecule has 198 valence electrons. The second kappa shape index (κ2) is 10.1. The quantitative estimate of drug-likeness (QED) is 0.212. The zero-order chi connectivity index (χ0) is 27.8. The molecule has 1 aliphatic rings. The number of rotatable bonds is 6. The van der Waals surface area contributed by atoms with E-state index in [0.717, 1.165) is 34.1 Å². The molecule has 0 heterocycles. The molecule has 6 aromatic carbocycles. The van der Waals surface area contributed by atoms with E-state index < -0.39 is 0 Å². The van der Waals surface area contributed by atoms with Gasteiger partial charge in [-0.25, -0.2) is 0 Å². The molecule has 0 aliphatic heterocycles. The van der Waals surface area contributed by atoms with Crippen LogP contribution < -0.4 is 9.80 Å². The Morgan fingerprint density at radius 3 is 1.32 bits per heavy atom. The molecular weight excluding hydrogens is 496 g/mol. The van der Waals surface area contributed by atoms with E-state index in [1.807, 2.05) is 0 Å². The summed E-state index contributed by atoms with van der Waals surface area (Å²) >= 11 is 0. The molecule has 0 amide bonds. The molecule has 0 N–H and O–H groups in total. The van der Waals surface area contributed by atoms with Gasteiger partial charge in [0.1, 0.15) is 0 Å². The summed E-state index contributed by atoms with van der Waals surface area (Å²) in [4.78, 5) is 4.74. The number of fused-ring (bicyclic) bond motifs is 3. The van der Waals surface area contributed by atoms with Crippen LogP contribution in [0.4, 0.5) is 34.1 Å². The Morgan fingerprint density at radius 2 is 0.780 bits per heavy atom. The summed E-state index contributed by atoms with van der Waals surface area (Å²) < 4.78 is 0. The van der Waals surface area contributed by atoms with Crippen molar-refractivity contribution in [2.75, 3.05) is 9.80 Å². The van der Waals surface area contributed by atoms with E-state index in [-0.39, 0.29) is 5.41 Å². The van der Waals surface area contributed by atoms with Crippen LogP contribution in [-0.2, 0) is 5.41 Å². The van der Waals surface area contributed by atoms with Crippen LogP contribution in [0.3, 0.4) is 0 Å². The zero-order valence-electron chi connectivity index (χ0n) is 23.4. The Bertz CT molecular complexity index is 1770. The predicted octanol–water partition coefficient (Wildman–Crippen LogP) is 10.9. The fourth-order valence-electron chi connectivity index (χ4n) is 6.28. The Morgan fingerprint density at radius 1 is 0.366 bits per heavy atom. The third-order valence-electron chi connectivity index (χ3n) is 8.23. The summed E-state index contributed by atoms with van der Waals surface area (Å²) in [5, 5.41) is 0. The van der Waals surface area contributed by atoms with Gasteiger partial charge in [0, 0.05) is 28.2 Å². The monoisotopic (exact) mass is 528 g/mol. The van der Waals surface area contributed by atoms with E-state index in [1.165, 1.54) is 22.3 Å². The SMILES string of the molecule is CC1(C)c2ccccc2-c2cc(N(c3ccccc3)c3ccccc3N(c3ccccc3)c3ccccc3)ccc21. The lowest BCUT2D eigenvalue weighted by Gasteiger charge is -2.33. The number of para-hydroxylation sites is 5. The molecule has 1 aliphatic carbocycles. The normalized spacial score (nSPS) is 12.8. The third-order valence-corrected chi connectivity index (χ3v) is 8.23. The van der Waals surface area contributed by atoms with Gasteiger partial charge in [0.15, 0.2) is 0 Å². The zero-order valence-corrected chi connectivity index (χ0v) is 23.4. The third kappa shape index (κ3) is 4.29. The van der Waals surface area contributed by atoms with Crippen LogP contribution in [-0.4, -0.2) is 0 Å². The van der Waals surface area contributed by atoms with E-state index in [0.29, 0.717) is 0 Å². The van der Waals surface area contributed by atoms with Gasteiger partial charge >= 0.3 is 0 Å². The first-order valence-corrected chi connectivity index (χ1v) is 14.2. The molecule has 0 bridgehead atoms. The second-order valence-corrected chi connectivity index (χ2v) is 11.1. The highest BCUT2D eigenvalue weighted by Gasteiger charge is 2.35. The van der Waals surface area contributed by atoms with Crippen molar-refractivity contribution in [2.24, 2.45) is 0 Å². The fraction of sp³-hybridized carbons (Fsp3) is 0.0769. The Labute approximate surface area is 242 Å². The van der Waals surface area contributed by atoms with Crippen LogP contribution in [0.2, 0.25) is 0 Å². The molecule has 0 atom stereocenters. The van der Waals surface area contributed by atoms with Crippen molar-refractivity contribution < 1.29 is 0 Å². The molecule has 41 heavy (non-hydrogen) atoms. The number of hydrogen-bond acceptors (Lipinski definition) is 2. The molecule has 0 saturated carbocycles. The lowest BCUT2D eigenvalue weighted by molar-refractivity contribution is 0.660. The first-order valence-electron chi connectivity index (χ1n) is 14.2. The summed E-state index contributed by atoms with van der Waals surface area (Å²) in [7, 11) is 0. The number of benzene rings is 6. The van der Waals surface area contributed by atoms with Crippen LogP contribution >= 0.6 is 0 Å². The van der Waals surface area contributed by atoms with Gasteiger partial charge in [-0.05, 0) is 82.9 Å². The average Bonchev–Trinajstić information content (AvgIpc) is 3.26. The second-order valence-electron chi connectivity index (χ2n) is 11.1. The van der Waals surface area contributed by atoms with Gasteiger partial charge in [-0.3, -0.25) is 0 Å². The summed E-state index contributed by atoms with van der Waals surface area (Å²) in [6.45, 7) is 4.67. The van der Waals surface area contributed by atoms with E-state index in [4.69, 9.17) is 0 Å². The van der Waals surface area contributed by atoms with Gasteiger partial charge in [-0.15, -0.1) is 0 Å². The molecule has 6 aromatic rings. The van der Waals surface area contributed by atoms with Gasteiger partial charge in [-0.1, -0.05) is 111 Å². The van der Waals surface area contributed by atoms with Gasteiger partial charge in [0.2, 0.25) is 0 Å². The predicted molar refractivity (Wildman–Crippen MR) is 173 cm³/mol. The maximum absolute atomic E-state index is 2.39. The molecule has 0 spiro atoms. The first kappa shape index (κ1) is 24.9. The maximum atomic E-state index is 2.39. The summed E-state index contributed by atoms with van der Waals surface area (Å²) in [6.07, 6.45) is 0. The van der Waals surface area contributed by atoms with Crippen LogP contribution in [0.5, 0.6) is 0 Å². The van der Waals surface area contributed by atoms with Crippen molar-refractivity contribution in [3.05, 3.63) is 169 Å². The van der Waals surface area contributed by atoms with Gasteiger partial charge in [-0.2, -0.15) is 0 Å². The molecule has 7 rings (SSSR count). The van der Waals surface area contributed by atoms with E-state index in [2.05, 4.69) is 181 Å². The van der Waals surface area contributed by atoms with E-state index in [9.17, 15) is 0 Å². The minimum absolute atomic E-state index is 0.0304. The largest absolute Gasteiger partial charge is 0.308 e. The average molecular weight is 529 g/mol.